The fourth-order valence-corrected chi connectivity index (χ4v) is 1.51. The van der Waals surface area contributed by atoms with Gasteiger partial charge in [-0.3, -0.25) is 0 Å². The molecule has 0 unspecified atom stereocenters. The van der Waals surface area contributed by atoms with Crippen molar-refractivity contribution in [2.75, 3.05) is 6.54 Å². The lowest BCUT2D eigenvalue weighted by atomic mass is 9.93. The molecule has 0 heterocycles. The van der Waals surface area contributed by atoms with E-state index in [1.807, 2.05) is 0 Å². The molecule has 0 fully saturated rings. The lowest BCUT2D eigenvalue weighted by molar-refractivity contribution is 0.404. The lowest BCUT2D eigenvalue weighted by Crippen LogP contribution is -2.36. The molecule has 0 aromatic heterocycles. The molecule has 1 aromatic carbocycles. The molecule has 94 valence electrons. The summed E-state index contributed by atoms with van der Waals surface area (Å²) in [5.74, 6) is 0. The molecule has 1 aromatic rings. The Hall–Kier alpha value is -0.240. The SMILES string of the molecule is CCCNC(C)(C)c1ccc(C)cc1.Cl.Cl. The normalized spacial score (nSPS) is 10.2. The highest BCUT2D eigenvalue weighted by atomic mass is 35.5. The number of halogens is 2. The molecule has 1 nitrogen and oxygen atoms in total. The summed E-state index contributed by atoms with van der Waals surface area (Å²) in [5, 5.41) is 3.54. The quantitative estimate of drug-likeness (QED) is 0.864. The minimum atomic E-state index is 0. The van der Waals surface area contributed by atoms with Gasteiger partial charge >= 0.3 is 0 Å². The summed E-state index contributed by atoms with van der Waals surface area (Å²) in [6.45, 7) is 9.84. The monoisotopic (exact) mass is 263 g/mol. The molecule has 0 amide bonds. The summed E-state index contributed by atoms with van der Waals surface area (Å²) in [5.41, 5.74) is 2.76. The van der Waals surface area contributed by atoms with E-state index >= 15 is 0 Å². The van der Waals surface area contributed by atoms with Crippen molar-refractivity contribution in [2.45, 2.75) is 39.7 Å². The van der Waals surface area contributed by atoms with E-state index in [4.69, 9.17) is 0 Å². The van der Waals surface area contributed by atoms with Crippen molar-refractivity contribution < 1.29 is 0 Å². The maximum absolute atomic E-state index is 3.54. The van der Waals surface area contributed by atoms with E-state index < -0.39 is 0 Å². The second kappa shape index (κ2) is 7.94. The average molecular weight is 264 g/mol. The summed E-state index contributed by atoms with van der Waals surface area (Å²) in [6.07, 6.45) is 1.18. The molecule has 0 atom stereocenters. The van der Waals surface area contributed by atoms with Gasteiger partial charge in [0.15, 0.2) is 0 Å². The van der Waals surface area contributed by atoms with Gasteiger partial charge in [0, 0.05) is 5.54 Å². The lowest BCUT2D eigenvalue weighted by Gasteiger charge is -2.27. The standard InChI is InChI=1S/C13H21N.2ClH/c1-5-10-14-13(3,4)12-8-6-11(2)7-9-12;;/h6-9,14H,5,10H2,1-4H3;2*1H. The highest BCUT2D eigenvalue weighted by molar-refractivity contribution is 5.85. The van der Waals surface area contributed by atoms with Gasteiger partial charge in [-0.25, -0.2) is 0 Å². The number of benzene rings is 1. The van der Waals surface area contributed by atoms with Crippen LogP contribution in [0.5, 0.6) is 0 Å². The van der Waals surface area contributed by atoms with Crippen LogP contribution in [-0.2, 0) is 5.54 Å². The summed E-state index contributed by atoms with van der Waals surface area (Å²) in [7, 11) is 0. The summed E-state index contributed by atoms with van der Waals surface area (Å²) in [6, 6.07) is 8.76. The minimum absolute atomic E-state index is 0. The van der Waals surface area contributed by atoms with Crippen molar-refractivity contribution in [1.29, 1.82) is 0 Å². The number of aryl methyl sites for hydroxylation is 1. The van der Waals surface area contributed by atoms with Crippen molar-refractivity contribution in [3.8, 4) is 0 Å². The molecule has 0 saturated heterocycles. The zero-order valence-corrected chi connectivity index (χ0v) is 12.2. The van der Waals surface area contributed by atoms with Crippen LogP contribution in [0.1, 0.15) is 38.3 Å². The molecule has 1 N–H and O–H groups in total. The first-order valence-electron chi connectivity index (χ1n) is 5.38. The van der Waals surface area contributed by atoms with Crippen LogP contribution in [0.2, 0.25) is 0 Å². The van der Waals surface area contributed by atoms with Crippen LogP contribution < -0.4 is 5.32 Å². The highest BCUT2D eigenvalue weighted by Gasteiger charge is 2.18. The molecule has 16 heavy (non-hydrogen) atoms. The van der Waals surface area contributed by atoms with E-state index in [0.717, 1.165) is 6.54 Å². The van der Waals surface area contributed by atoms with Crippen LogP contribution in [0.25, 0.3) is 0 Å². The molecule has 0 aliphatic heterocycles. The summed E-state index contributed by atoms with van der Waals surface area (Å²) >= 11 is 0. The molecular weight excluding hydrogens is 241 g/mol. The van der Waals surface area contributed by atoms with Crippen LogP contribution in [0, 0.1) is 6.92 Å². The second-order valence-electron chi connectivity index (χ2n) is 4.42. The Morgan fingerprint density at radius 1 is 1.06 bits per heavy atom. The van der Waals surface area contributed by atoms with Crippen LogP contribution in [0.3, 0.4) is 0 Å². The Balaban J connectivity index is 0. The van der Waals surface area contributed by atoms with Gasteiger partial charge in [-0.1, -0.05) is 36.8 Å². The van der Waals surface area contributed by atoms with Crippen molar-refractivity contribution in [3.05, 3.63) is 35.4 Å². The third-order valence-electron chi connectivity index (χ3n) is 2.59. The van der Waals surface area contributed by atoms with Crippen LogP contribution in [0.4, 0.5) is 0 Å². The van der Waals surface area contributed by atoms with Gasteiger partial charge in [0.2, 0.25) is 0 Å². The number of hydrogen-bond donors (Lipinski definition) is 1. The molecule has 0 aliphatic carbocycles. The molecular formula is C13H23Cl2N. The van der Waals surface area contributed by atoms with E-state index in [1.165, 1.54) is 17.5 Å². The van der Waals surface area contributed by atoms with E-state index in [2.05, 4.69) is 57.3 Å². The first kappa shape index (κ1) is 18.1. The Morgan fingerprint density at radius 3 is 2.00 bits per heavy atom. The second-order valence-corrected chi connectivity index (χ2v) is 4.42. The van der Waals surface area contributed by atoms with Gasteiger partial charge in [0.1, 0.15) is 0 Å². The Bertz CT molecular complexity index is 280. The first-order chi connectivity index (χ1) is 6.56. The molecule has 3 heteroatoms. The largest absolute Gasteiger partial charge is 0.308 e. The predicted molar refractivity (Wildman–Crippen MR) is 77.0 cm³/mol. The third-order valence-corrected chi connectivity index (χ3v) is 2.59. The first-order valence-corrected chi connectivity index (χ1v) is 5.38. The Labute approximate surface area is 112 Å². The van der Waals surface area contributed by atoms with Crippen molar-refractivity contribution in [3.63, 3.8) is 0 Å². The van der Waals surface area contributed by atoms with Gasteiger partial charge in [-0.05, 0) is 39.3 Å². The Morgan fingerprint density at radius 2 is 1.56 bits per heavy atom. The predicted octanol–water partition coefficient (Wildman–Crippen LogP) is 4.07. The minimum Gasteiger partial charge on any atom is -0.308 e. The van der Waals surface area contributed by atoms with Crippen LogP contribution in [0.15, 0.2) is 24.3 Å². The maximum atomic E-state index is 3.54. The van der Waals surface area contributed by atoms with Gasteiger partial charge < -0.3 is 5.32 Å². The maximum Gasteiger partial charge on any atom is 0.0377 e. The van der Waals surface area contributed by atoms with Gasteiger partial charge in [0.05, 0.1) is 0 Å². The van der Waals surface area contributed by atoms with E-state index in [0.29, 0.717) is 0 Å². The van der Waals surface area contributed by atoms with E-state index in [1.54, 1.807) is 0 Å². The Kier molecular flexibility index (Phi) is 9.00. The van der Waals surface area contributed by atoms with E-state index in [-0.39, 0.29) is 30.4 Å². The van der Waals surface area contributed by atoms with Crippen LogP contribution >= 0.6 is 24.8 Å². The topological polar surface area (TPSA) is 12.0 Å². The summed E-state index contributed by atoms with van der Waals surface area (Å²) < 4.78 is 0. The zero-order chi connectivity index (χ0) is 10.6. The van der Waals surface area contributed by atoms with Crippen molar-refractivity contribution in [1.82, 2.24) is 5.32 Å². The molecule has 0 radical (unpaired) electrons. The smallest absolute Gasteiger partial charge is 0.0377 e. The van der Waals surface area contributed by atoms with Crippen molar-refractivity contribution >= 4 is 24.8 Å². The zero-order valence-electron chi connectivity index (χ0n) is 10.5. The molecule has 0 aliphatic rings. The van der Waals surface area contributed by atoms with Gasteiger partial charge in [0.25, 0.3) is 0 Å². The average Bonchev–Trinajstić information content (AvgIpc) is 2.16. The molecule has 0 bridgehead atoms. The number of rotatable bonds is 4. The third kappa shape index (κ3) is 5.20. The summed E-state index contributed by atoms with van der Waals surface area (Å²) in [4.78, 5) is 0. The van der Waals surface area contributed by atoms with Crippen LogP contribution in [-0.4, -0.2) is 6.54 Å². The fourth-order valence-electron chi connectivity index (χ4n) is 1.51. The number of hydrogen-bond acceptors (Lipinski definition) is 1. The number of nitrogens with one attached hydrogen (secondary N) is 1. The molecule has 0 saturated carbocycles. The van der Waals surface area contributed by atoms with Gasteiger partial charge in [-0.15, -0.1) is 24.8 Å². The van der Waals surface area contributed by atoms with Crippen molar-refractivity contribution in [2.24, 2.45) is 0 Å². The van der Waals surface area contributed by atoms with E-state index in [9.17, 15) is 0 Å². The highest BCUT2D eigenvalue weighted by Crippen LogP contribution is 2.19. The van der Waals surface area contributed by atoms with Gasteiger partial charge in [-0.2, -0.15) is 0 Å². The molecule has 0 spiro atoms. The molecule has 1 rings (SSSR count). The fraction of sp³-hybridized carbons (Fsp3) is 0.538.